The Kier molecular flexibility index (Phi) is 13.6. The summed E-state index contributed by atoms with van der Waals surface area (Å²) in [5, 5.41) is 0. The molecule has 2 fully saturated rings. The predicted molar refractivity (Wildman–Crippen MR) is 128 cm³/mol. The van der Waals surface area contributed by atoms with E-state index in [4.69, 9.17) is 21.9 Å². The predicted octanol–water partition coefficient (Wildman–Crippen LogP) is 2.33. The summed E-state index contributed by atoms with van der Waals surface area (Å²) >= 11 is 0. The minimum Gasteiger partial charge on any atom is -0.404 e. The van der Waals surface area contributed by atoms with E-state index in [0.717, 1.165) is 25.3 Å². The van der Waals surface area contributed by atoms with E-state index >= 15 is 0 Å². The van der Waals surface area contributed by atoms with Gasteiger partial charge in [0.1, 0.15) is 11.7 Å². The smallest absolute Gasteiger partial charge is 0.155 e. The second-order valence-electron chi connectivity index (χ2n) is 7.74. The molecule has 0 atom stereocenters. The average molecular weight is 446 g/mol. The molecule has 0 bridgehead atoms. The van der Waals surface area contributed by atoms with Crippen LogP contribution < -0.4 is 17.2 Å². The molecule has 0 unspecified atom stereocenters. The third kappa shape index (κ3) is 10.5. The minimum atomic E-state index is -0.363. The minimum absolute atomic E-state index is 0.000826. The number of terminal acetylenes is 1. The van der Waals surface area contributed by atoms with Gasteiger partial charge in [0.15, 0.2) is 6.29 Å². The number of amidine groups is 1. The van der Waals surface area contributed by atoms with Crippen molar-refractivity contribution < 1.29 is 13.9 Å². The van der Waals surface area contributed by atoms with Crippen LogP contribution in [0.1, 0.15) is 32.1 Å². The van der Waals surface area contributed by atoms with Gasteiger partial charge in [0.2, 0.25) is 0 Å². The number of hydrogen-bond acceptors (Lipinski definition) is 6. The van der Waals surface area contributed by atoms with Crippen molar-refractivity contribution in [1.29, 1.82) is 0 Å². The average Bonchev–Trinajstić information content (AvgIpc) is 2.83. The first-order chi connectivity index (χ1) is 15.5. The number of carbonyl (C=O) groups is 1. The van der Waals surface area contributed by atoms with Crippen molar-refractivity contribution in [1.82, 2.24) is 4.90 Å². The van der Waals surface area contributed by atoms with Gasteiger partial charge >= 0.3 is 0 Å². The second kappa shape index (κ2) is 16.0. The molecule has 6 N–H and O–H groups in total. The number of aliphatic imine (C=N–C) groups is 1. The molecule has 0 amide bonds. The van der Waals surface area contributed by atoms with Crippen LogP contribution in [0.5, 0.6) is 0 Å². The first-order valence-electron chi connectivity index (χ1n) is 10.9. The first kappa shape index (κ1) is 27.3. The molecule has 1 aromatic carbocycles. The Labute approximate surface area is 190 Å². The van der Waals surface area contributed by atoms with Crippen molar-refractivity contribution in [2.45, 2.75) is 38.1 Å². The Morgan fingerprint density at radius 1 is 1.16 bits per heavy atom. The van der Waals surface area contributed by atoms with E-state index in [-0.39, 0.29) is 17.2 Å². The highest BCUT2D eigenvalue weighted by Gasteiger charge is 2.18. The van der Waals surface area contributed by atoms with E-state index in [2.05, 4.69) is 22.7 Å². The number of nitrogens with two attached hydrogens (primary N) is 3. The lowest BCUT2D eigenvalue weighted by atomic mass is 9.96. The topological polar surface area (TPSA) is 120 Å². The number of nitrogens with zero attached hydrogens (tertiary/aromatic N) is 2. The number of halogens is 1. The fourth-order valence-electron chi connectivity index (χ4n) is 3.48. The fraction of sp³-hybridized carbons (Fsp3) is 0.500. The van der Waals surface area contributed by atoms with Gasteiger partial charge in [-0.05, 0) is 81.9 Å². The highest BCUT2D eigenvalue weighted by atomic mass is 19.1. The molecule has 0 spiro atoms. The molecule has 3 rings (SSSR count). The summed E-state index contributed by atoms with van der Waals surface area (Å²) in [6.45, 7) is 5.66. The maximum absolute atomic E-state index is 12.5. The zero-order valence-electron chi connectivity index (χ0n) is 18.7. The largest absolute Gasteiger partial charge is 0.404 e. The van der Waals surface area contributed by atoms with Gasteiger partial charge in [-0.25, -0.2) is 9.38 Å². The van der Waals surface area contributed by atoms with Crippen LogP contribution >= 0.6 is 0 Å². The maximum Gasteiger partial charge on any atom is 0.155 e. The molecule has 8 heteroatoms. The zero-order valence-corrected chi connectivity index (χ0v) is 18.7. The number of rotatable bonds is 6. The monoisotopic (exact) mass is 445 g/mol. The number of piperidine rings is 1. The molecule has 0 radical (unpaired) electrons. The van der Waals surface area contributed by atoms with E-state index in [9.17, 15) is 9.18 Å². The quantitative estimate of drug-likeness (QED) is 0.203. The van der Waals surface area contributed by atoms with Crippen LogP contribution in [0.4, 0.5) is 10.1 Å². The third-order valence-electron chi connectivity index (χ3n) is 5.51. The maximum atomic E-state index is 12.5. The number of likely N-dealkylation sites (tertiary alicyclic amines) is 1. The summed E-state index contributed by atoms with van der Waals surface area (Å²) in [4.78, 5) is 16.9. The van der Waals surface area contributed by atoms with Gasteiger partial charge in [0.05, 0.1) is 11.3 Å². The molecule has 176 valence electrons. The second-order valence-corrected chi connectivity index (χ2v) is 7.74. The van der Waals surface area contributed by atoms with Gasteiger partial charge in [-0.3, -0.25) is 4.79 Å². The zero-order chi connectivity index (χ0) is 23.8. The third-order valence-corrected chi connectivity index (χ3v) is 5.51. The van der Waals surface area contributed by atoms with Gasteiger partial charge in [0, 0.05) is 25.5 Å². The molecule has 1 aromatic rings. The summed E-state index contributed by atoms with van der Waals surface area (Å²) in [7, 11) is 0. The molecule has 2 aliphatic heterocycles. The summed E-state index contributed by atoms with van der Waals surface area (Å²) in [6.07, 6.45) is 15.8. The molecule has 0 aliphatic carbocycles. The molecule has 0 saturated carbocycles. The van der Waals surface area contributed by atoms with Crippen LogP contribution in [-0.2, 0) is 9.53 Å². The molecule has 2 heterocycles. The van der Waals surface area contributed by atoms with Gasteiger partial charge in [-0.2, -0.15) is 0 Å². The number of aldehydes is 1. The summed E-state index contributed by atoms with van der Waals surface area (Å²) in [5.74, 6) is 0.547. The number of carbonyl (C=O) groups excluding carboxylic acids is 1. The van der Waals surface area contributed by atoms with Crippen molar-refractivity contribution in [3.8, 4) is 12.8 Å². The Bertz CT molecular complexity index is 735. The SMILES string of the molecule is C#C.N/C=C(/C=O)C(N)=Nc1ccc(F)cc1.NC1CCN(CCC2CCOCC2)CC1. The summed E-state index contributed by atoms with van der Waals surface area (Å²) < 4.78 is 17.9. The van der Waals surface area contributed by atoms with Crippen molar-refractivity contribution in [2.75, 3.05) is 32.8 Å². The molecule has 0 aromatic heterocycles. The number of ether oxygens (including phenoxy) is 1. The van der Waals surface area contributed by atoms with Crippen molar-refractivity contribution in [3.63, 3.8) is 0 Å². The molecule has 32 heavy (non-hydrogen) atoms. The summed E-state index contributed by atoms with van der Waals surface area (Å²) in [6, 6.07) is 5.85. The lowest BCUT2D eigenvalue weighted by Crippen LogP contribution is -2.40. The molecule has 7 nitrogen and oxygen atoms in total. The highest BCUT2D eigenvalue weighted by Crippen LogP contribution is 2.19. The van der Waals surface area contributed by atoms with Crippen LogP contribution in [-0.4, -0.2) is 55.9 Å². The van der Waals surface area contributed by atoms with E-state index in [0.29, 0.717) is 18.0 Å². The molecule has 2 saturated heterocycles. The molecular formula is C24H36FN5O2. The van der Waals surface area contributed by atoms with Crippen LogP contribution in [0.15, 0.2) is 41.0 Å². The van der Waals surface area contributed by atoms with E-state index in [1.807, 2.05) is 0 Å². The Balaban J connectivity index is 0.000000297. The van der Waals surface area contributed by atoms with Gasteiger partial charge < -0.3 is 26.8 Å². The highest BCUT2D eigenvalue weighted by molar-refractivity contribution is 6.13. The lowest BCUT2D eigenvalue weighted by Gasteiger charge is -2.31. The normalized spacial score (nSPS) is 18.6. The fourth-order valence-corrected chi connectivity index (χ4v) is 3.48. The Morgan fingerprint density at radius 2 is 1.75 bits per heavy atom. The van der Waals surface area contributed by atoms with E-state index in [1.165, 1.54) is 76.0 Å². The molecular weight excluding hydrogens is 409 g/mol. The Morgan fingerprint density at radius 3 is 2.28 bits per heavy atom. The van der Waals surface area contributed by atoms with Crippen LogP contribution in [0.2, 0.25) is 0 Å². The van der Waals surface area contributed by atoms with E-state index in [1.54, 1.807) is 0 Å². The Hall–Kier alpha value is -2.73. The number of hydrogen-bond donors (Lipinski definition) is 3. The van der Waals surface area contributed by atoms with Gasteiger partial charge in [0.25, 0.3) is 0 Å². The van der Waals surface area contributed by atoms with Crippen molar-refractivity contribution in [3.05, 3.63) is 41.9 Å². The van der Waals surface area contributed by atoms with Crippen LogP contribution in [0.3, 0.4) is 0 Å². The van der Waals surface area contributed by atoms with E-state index < -0.39 is 0 Å². The van der Waals surface area contributed by atoms with Crippen molar-refractivity contribution in [2.24, 2.45) is 28.1 Å². The van der Waals surface area contributed by atoms with Gasteiger partial charge in [-0.15, -0.1) is 12.8 Å². The first-order valence-corrected chi connectivity index (χ1v) is 10.9. The summed E-state index contributed by atoms with van der Waals surface area (Å²) in [5.41, 5.74) is 17.1. The van der Waals surface area contributed by atoms with Crippen molar-refractivity contribution >= 4 is 17.8 Å². The van der Waals surface area contributed by atoms with Gasteiger partial charge in [-0.1, -0.05) is 0 Å². The van der Waals surface area contributed by atoms with Crippen LogP contribution in [0, 0.1) is 24.6 Å². The van der Waals surface area contributed by atoms with Crippen LogP contribution in [0.25, 0.3) is 0 Å². The standard InChI is InChI=1S/C12H24N2O.C10H10FN3O.C2H2/c13-12-2-7-14(8-3-12)6-1-11-4-9-15-10-5-11;11-8-1-3-9(4-2-8)14-10(13)7(5-12)6-15;1-2/h11-12H,1-10,13H2;1-6H,12H2,(H2,13,14);1-2H/b;7-5-;. The lowest BCUT2D eigenvalue weighted by molar-refractivity contribution is -0.104. The molecule has 2 aliphatic rings. The number of benzene rings is 1.